The molecule has 0 unspecified atom stereocenters. The molecule has 0 radical (unpaired) electrons. The van der Waals surface area contributed by atoms with Crippen LogP contribution in [-0.4, -0.2) is 17.2 Å². The van der Waals surface area contributed by atoms with E-state index in [9.17, 15) is 6.85 Å². The second kappa shape index (κ2) is 13.0. The smallest absolute Gasteiger partial charge is 0.179 e. The van der Waals surface area contributed by atoms with Gasteiger partial charge in [0.15, 0.2) is 8.07 Å². The van der Waals surface area contributed by atoms with E-state index in [1.54, 1.807) is 4.57 Å². The van der Waals surface area contributed by atoms with Gasteiger partial charge in [-0.1, -0.05) is 176 Å². The summed E-state index contributed by atoms with van der Waals surface area (Å²) in [5.74, 6) is 0. The van der Waals surface area contributed by atoms with Crippen LogP contribution in [0.3, 0.4) is 0 Å². The van der Waals surface area contributed by atoms with E-state index < -0.39 is 26.2 Å². The molecule has 0 aliphatic rings. The number of hydrogen-bond acceptors (Lipinski definition) is 1. The zero-order valence-corrected chi connectivity index (χ0v) is 32.7. The highest BCUT2D eigenvalue weighted by molar-refractivity contribution is 7.26. The van der Waals surface area contributed by atoms with Crippen molar-refractivity contribution in [1.29, 1.82) is 0 Å². The molecule has 58 heavy (non-hydrogen) atoms. The first-order valence-corrected chi connectivity index (χ1v) is 22.0. The Labute approximate surface area is 353 Å². The number of fused-ring (bicyclic) bond motifs is 10. The van der Waals surface area contributed by atoms with Gasteiger partial charge in [-0.25, -0.2) is 0 Å². The first-order valence-electron chi connectivity index (χ1n) is 23.7. The maximum Gasteiger partial charge on any atom is 0.179 e. The second-order valence-corrected chi connectivity index (χ2v) is 19.4. The third-order valence-electron chi connectivity index (χ3n) is 11.6. The van der Waals surface area contributed by atoms with Gasteiger partial charge in [0.05, 0.1) is 44.8 Å². The molecule has 0 bridgehead atoms. The van der Waals surface area contributed by atoms with E-state index in [-0.39, 0.29) is 57.9 Å². The summed E-state index contributed by atoms with van der Waals surface area (Å²) in [7, 11) is -2.98. The summed E-state index contributed by atoms with van der Waals surface area (Å²) in [4.78, 5) is 0. The lowest BCUT2D eigenvalue weighted by Crippen LogP contribution is -2.74. The van der Waals surface area contributed by atoms with Crippen molar-refractivity contribution in [3.63, 3.8) is 0 Å². The van der Waals surface area contributed by atoms with Crippen LogP contribution in [0.1, 0.15) is 12.3 Å². The minimum Gasteiger partial charge on any atom is -0.309 e. The predicted molar refractivity (Wildman–Crippen MR) is 252 cm³/mol. The molecule has 3 aromatic heterocycles. The Bertz CT molecular complexity index is 3870. The summed E-state index contributed by atoms with van der Waals surface area (Å²) < 4.78 is 88.6. The lowest BCUT2D eigenvalue weighted by Gasteiger charge is -2.34. The van der Waals surface area contributed by atoms with Gasteiger partial charge in [0, 0.05) is 42.7 Å². The predicted octanol–water partition coefficient (Wildman–Crippen LogP) is 11.6. The zero-order valence-electron chi connectivity index (χ0n) is 39.9. The molecule has 0 fully saturated rings. The van der Waals surface area contributed by atoms with Crippen molar-refractivity contribution >= 4 is 104 Å². The summed E-state index contributed by atoms with van der Waals surface area (Å²) in [5, 5.41) is 7.63. The van der Waals surface area contributed by atoms with Crippen molar-refractivity contribution in [3.05, 3.63) is 218 Å². The molecule has 0 N–H and O–H groups in total. The largest absolute Gasteiger partial charge is 0.309 e. The minimum absolute atomic E-state index is 0.00451. The molecular formula is C54H36N2SSi. The Morgan fingerprint density at radius 3 is 1.52 bits per heavy atom. The number of para-hydroxylation sites is 3. The normalized spacial score (nSPS) is 14.3. The molecule has 12 aromatic rings. The number of benzene rings is 9. The molecule has 0 spiro atoms. The lowest BCUT2D eigenvalue weighted by atomic mass is 10.1. The van der Waals surface area contributed by atoms with Gasteiger partial charge in [-0.2, -0.15) is 0 Å². The molecule has 0 atom stereocenters. The number of rotatable bonds is 6. The van der Waals surface area contributed by atoms with Crippen molar-refractivity contribution in [2.24, 2.45) is 0 Å². The molecule has 0 aliphatic heterocycles. The van der Waals surface area contributed by atoms with Crippen LogP contribution in [-0.2, 0) is 0 Å². The second-order valence-electron chi connectivity index (χ2n) is 14.5. The van der Waals surface area contributed by atoms with Gasteiger partial charge in [-0.15, -0.1) is 11.3 Å². The summed E-state index contributed by atoms with van der Waals surface area (Å²) in [6, 6.07) is 52.9. The first kappa shape index (κ1) is 25.3. The summed E-state index contributed by atoms with van der Waals surface area (Å²) in [6.07, 6.45) is 0. The highest BCUT2D eigenvalue weighted by Crippen LogP contribution is 2.47. The SMILES string of the molecule is [2H]c1c([2H])c([2H])c2c(sc3c(-n4c5ccccc5c5ccccc54)c([2H])c4c5c([2H])c([2H])c([2H])c([2H])c5n(-c5ccc([Si](c6ccccc6)(c6ccccc6)c6ccccc6)cc5)c4c32)c1[2H]. The van der Waals surface area contributed by atoms with Gasteiger partial charge >= 0.3 is 0 Å². The first-order chi connectivity index (χ1) is 32.5. The monoisotopic (exact) mass is 781 g/mol. The Morgan fingerprint density at radius 2 is 0.914 bits per heavy atom. The van der Waals surface area contributed by atoms with E-state index in [1.165, 1.54) is 26.9 Å². The fourth-order valence-corrected chi connectivity index (χ4v) is 15.1. The van der Waals surface area contributed by atoms with E-state index in [4.69, 9.17) is 5.48 Å². The van der Waals surface area contributed by atoms with Crippen molar-refractivity contribution in [3.8, 4) is 11.4 Å². The highest BCUT2D eigenvalue weighted by atomic mass is 32.1. The van der Waals surface area contributed by atoms with Gasteiger partial charge in [0.1, 0.15) is 0 Å². The summed E-state index contributed by atoms with van der Waals surface area (Å²) in [5.41, 5.74) is 3.13. The molecule has 0 aliphatic carbocycles. The minimum atomic E-state index is -2.98. The standard InChI is InChI=1S/C54H36N2SSi/c1-4-18-38(19-5-1)58(39-20-6-2-7-21-39,40-22-8-3-9-23-40)41-34-32-37(33-35-41)55-47-28-14-12-26-44(47)46-36-50(54-52(53(46)55)45-27-13-17-31-51(45)57-54)56-48-29-15-10-24-42(48)43-25-11-16-30-49(43)56/h1-36H/i12D,13D,14D,17D,26D,27D,28D,31D,36D. The van der Waals surface area contributed by atoms with Crippen molar-refractivity contribution in [1.82, 2.24) is 9.13 Å². The molecule has 9 aromatic carbocycles. The molecule has 0 amide bonds. The third kappa shape index (κ3) is 4.70. The number of thiophene rings is 1. The van der Waals surface area contributed by atoms with Crippen LogP contribution in [0.4, 0.5) is 0 Å². The van der Waals surface area contributed by atoms with Gasteiger partial charge in [0.2, 0.25) is 0 Å². The molecule has 12 rings (SSSR count). The average Bonchev–Trinajstić information content (AvgIpc) is 4.05. The van der Waals surface area contributed by atoms with Gasteiger partial charge in [-0.3, -0.25) is 0 Å². The van der Waals surface area contributed by atoms with Crippen LogP contribution in [0, 0.1) is 0 Å². The Hall–Kier alpha value is -6.98. The van der Waals surface area contributed by atoms with Crippen molar-refractivity contribution in [2.45, 2.75) is 0 Å². The Balaban J connectivity index is 1.28. The van der Waals surface area contributed by atoms with Crippen LogP contribution < -0.4 is 20.7 Å². The van der Waals surface area contributed by atoms with Crippen LogP contribution in [0.25, 0.3) is 75.2 Å². The van der Waals surface area contributed by atoms with Crippen LogP contribution >= 0.6 is 11.3 Å². The van der Waals surface area contributed by atoms with Crippen molar-refractivity contribution < 1.29 is 12.3 Å². The van der Waals surface area contributed by atoms with E-state index in [1.807, 2.05) is 83.4 Å². The number of nitrogens with zero attached hydrogens (tertiary/aromatic N) is 2. The fourth-order valence-electron chi connectivity index (χ4n) is 9.25. The topological polar surface area (TPSA) is 9.86 Å². The molecule has 0 saturated heterocycles. The number of aromatic nitrogens is 2. The van der Waals surface area contributed by atoms with Gasteiger partial charge < -0.3 is 9.13 Å². The lowest BCUT2D eigenvalue weighted by molar-refractivity contribution is 1.18. The molecule has 4 heteroatoms. The van der Waals surface area contributed by atoms with Crippen LogP contribution in [0.2, 0.25) is 0 Å². The van der Waals surface area contributed by atoms with Gasteiger partial charge in [-0.05, 0) is 63.1 Å². The third-order valence-corrected chi connectivity index (χ3v) is 17.5. The molecule has 3 heterocycles. The number of hydrogen-bond donors (Lipinski definition) is 0. The zero-order chi connectivity index (χ0) is 46.0. The Kier molecular flexibility index (Phi) is 5.69. The average molecular weight is 782 g/mol. The quantitative estimate of drug-likeness (QED) is 0.117. The van der Waals surface area contributed by atoms with Crippen LogP contribution in [0.15, 0.2) is 218 Å². The van der Waals surface area contributed by atoms with Crippen LogP contribution in [0.5, 0.6) is 0 Å². The summed E-state index contributed by atoms with van der Waals surface area (Å²) in [6.45, 7) is 0. The fraction of sp³-hybridized carbons (Fsp3) is 0. The highest BCUT2D eigenvalue weighted by Gasteiger charge is 2.41. The molecule has 0 saturated carbocycles. The molecule has 272 valence electrons. The van der Waals surface area contributed by atoms with E-state index in [0.29, 0.717) is 31.7 Å². The van der Waals surface area contributed by atoms with Crippen molar-refractivity contribution in [2.75, 3.05) is 0 Å². The maximum atomic E-state index is 10.4. The van der Waals surface area contributed by atoms with E-state index >= 15 is 0 Å². The summed E-state index contributed by atoms with van der Waals surface area (Å²) >= 11 is 1.20. The van der Waals surface area contributed by atoms with Gasteiger partial charge in [0.25, 0.3) is 0 Å². The van der Waals surface area contributed by atoms with E-state index in [0.717, 1.165) is 27.0 Å². The molecular weight excluding hydrogens is 737 g/mol. The Morgan fingerprint density at radius 1 is 0.414 bits per heavy atom. The van der Waals surface area contributed by atoms with E-state index in [2.05, 4.69) is 84.9 Å². The maximum absolute atomic E-state index is 10.4. The molecule has 2 nitrogen and oxygen atoms in total.